The summed E-state index contributed by atoms with van der Waals surface area (Å²) in [6.07, 6.45) is 0. The second-order valence-corrected chi connectivity index (χ2v) is 3.94. The molecule has 3 nitrogen and oxygen atoms in total. The Morgan fingerprint density at radius 3 is 2.53 bits per heavy atom. The normalized spacial score (nSPS) is 13.1. The van der Waals surface area contributed by atoms with Crippen molar-refractivity contribution in [1.82, 2.24) is 5.32 Å². The van der Waals surface area contributed by atoms with E-state index in [-0.39, 0.29) is 25.3 Å². The van der Waals surface area contributed by atoms with Crippen LogP contribution in [0.15, 0.2) is 24.3 Å². The van der Waals surface area contributed by atoms with E-state index in [4.69, 9.17) is 21.8 Å². The summed E-state index contributed by atoms with van der Waals surface area (Å²) in [4.78, 5) is 0. The topological polar surface area (TPSA) is 52.5 Å². The summed E-state index contributed by atoms with van der Waals surface area (Å²) < 4.78 is 0. The molecule has 1 unspecified atom stereocenters. The van der Waals surface area contributed by atoms with Crippen LogP contribution in [0.4, 0.5) is 0 Å². The van der Waals surface area contributed by atoms with E-state index in [1.807, 2.05) is 31.2 Å². The van der Waals surface area contributed by atoms with Gasteiger partial charge >= 0.3 is 0 Å². The van der Waals surface area contributed by atoms with Gasteiger partial charge in [-0.25, -0.2) is 0 Å². The predicted octanol–water partition coefficient (Wildman–Crippen LogP) is 1.34. The van der Waals surface area contributed by atoms with E-state index >= 15 is 0 Å². The van der Waals surface area contributed by atoms with Gasteiger partial charge in [-0.05, 0) is 24.6 Å². The third-order valence-corrected chi connectivity index (χ3v) is 2.51. The quantitative estimate of drug-likeness (QED) is 0.715. The standard InChI is InChI=1S/C11H16ClNO2/c1-8(13-11(6-14)7-15)9-3-2-4-10(12)5-9/h2-5,8,11,13-15H,6-7H2,1H3. The summed E-state index contributed by atoms with van der Waals surface area (Å²) in [6, 6.07) is 7.27. The van der Waals surface area contributed by atoms with E-state index in [1.165, 1.54) is 0 Å². The largest absolute Gasteiger partial charge is 0.395 e. The third kappa shape index (κ3) is 3.80. The number of hydrogen-bond acceptors (Lipinski definition) is 3. The van der Waals surface area contributed by atoms with E-state index in [0.29, 0.717) is 5.02 Å². The average molecular weight is 230 g/mol. The molecular weight excluding hydrogens is 214 g/mol. The number of hydrogen-bond donors (Lipinski definition) is 3. The zero-order valence-electron chi connectivity index (χ0n) is 8.65. The third-order valence-electron chi connectivity index (χ3n) is 2.28. The van der Waals surface area contributed by atoms with Crippen LogP contribution in [0.25, 0.3) is 0 Å². The van der Waals surface area contributed by atoms with E-state index in [2.05, 4.69) is 5.32 Å². The molecule has 0 aliphatic rings. The molecule has 0 saturated carbocycles. The van der Waals surface area contributed by atoms with Gasteiger partial charge in [-0.3, -0.25) is 0 Å². The van der Waals surface area contributed by atoms with Crippen molar-refractivity contribution in [3.8, 4) is 0 Å². The Kier molecular flexibility index (Phi) is 5.05. The molecular formula is C11H16ClNO2. The summed E-state index contributed by atoms with van der Waals surface area (Å²) >= 11 is 5.87. The highest BCUT2D eigenvalue weighted by atomic mass is 35.5. The van der Waals surface area contributed by atoms with Gasteiger partial charge in [-0.1, -0.05) is 23.7 Å². The van der Waals surface area contributed by atoms with Crippen molar-refractivity contribution >= 4 is 11.6 Å². The zero-order chi connectivity index (χ0) is 11.3. The average Bonchev–Trinajstić information content (AvgIpc) is 2.25. The first-order valence-electron chi connectivity index (χ1n) is 4.90. The second kappa shape index (κ2) is 6.08. The molecule has 3 N–H and O–H groups in total. The van der Waals surface area contributed by atoms with Crippen LogP contribution in [0, 0.1) is 0 Å². The molecule has 0 saturated heterocycles. The molecule has 84 valence electrons. The maximum Gasteiger partial charge on any atom is 0.0607 e. The summed E-state index contributed by atoms with van der Waals surface area (Å²) in [7, 11) is 0. The molecule has 1 aromatic rings. The summed E-state index contributed by atoms with van der Waals surface area (Å²) in [6.45, 7) is 1.80. The number of benzene rings is 1. The van der Waals surface area contributed by atoms with Gasteiger partial charge in [0.15, 0.2) is 0 Å². The van der Waals surface area contributed by atoms with Crippen molar-refractivity contribution in [3.05, 3.63) is 34.9 Å². The van der Waals surface area contributed by atoms with Crippen molar-refractivity contribution in [2.75, 3.05) is 13.2 Å². The van der Waals surface area contributed by atoms with Crippen LogP contribution in [0.2, 0.25) is 5.02 Å². The summed E-state index contributed by atoms with van der Waals surface area (Å²) in [5.41, 5.74) is 1.04. The highest BCUT2D eigenvalue weighted by Crippen LogP contribution is 2.17. The molecule has 0 bridgehead atoms. The zero-order valence-corrected chi connectivity index (χ0v) is 9.41. The summed E-state index contributed by atoms with van der Waals surface area (Å²) in [5, 5.41) is 21.6. The SMILES string of the molecule is CC(NC(CO)CO)c1cccc(Cl)c1. The van der Waals surface area contributed by atoms with Crippen molar-refractivity contribution in [2.24, 2.45) is 0 Å². The molecule has 15 heavy (non-hydrogen) atoms. The van der Waals surface area contributed by atoms with Crippen molar-refractivity contribution in [2.45, 2.75) is 19.0 Å². The molecule has 0 radical (unpaired) electrons. The fraction of sp³-hybridized carbons (Fsp3) is 0.455. The molecule has 0 aromatic heterocycles. The molecule has 1 aromatic carbocycles. The highest BCUT2D eigenvalue weighted by molar-refractivity contribution is 6.30. The summed E-state index contributed by atoms with van der Waals surface area (Å²) in [5.74, 6) is 0. The Morgan fingerprint density at radius 2 is 2.00 bits per heavy atom. The Labute approximate surface area is 94.7 Å². The van der Waals surface area contributed by atoms with Gasteiger partial charge in [0.05, 0.1) is 19.3 Å². The van der Waals surface area contributed by atoms with E-state index < -0.39 is 0 Å². The number of nitrogens with one attached hydrogen (secondary N) is 1. The van der Waals surface area contributed by atoms with Crippen LogP contribution in [0.5, 0.6) is 0 Å². The lowest BCUT2D eigenvalue weighted by atomic mass is 10.1. The van der Waals surface area contributed by atoms with Crippen molar-refractivity contribution < 1.29 is 10.2 Å². The van der Waals surface area contributed by atoms with Crippen molar-refractivity contribution in [3.63, 3.8) is 0 Å². The lowest BCUT2D eigenvalue weighted by Crippen LogP contribution is -2.37. The molecule has 0 heterocycles. The van der Waals surface area contributed by atoms with Crippen LogP contribution in [0.1, 0.15) is 18.5 Å². The maximum atomic E-state index is 8.93. The number of aliphatic hydroxyl groups is 2. The Bertz CT molecular complexity index is 302. The van der Waals surface area contributed by atoms with Crippen molar-refractivity contribution in [1.29, 1.82) is 0 Å². The fourth-order valence-electron chi connectivity index (χ4n) is 1.39. The molecule has 0 spiro atoms. The number of halogens is 1. The molecule has 0 fully saturated rings. The Morgan fingerprint density at radius 1 is 1.33 bits per heavy atom. The smallest absolute Gasteiger partial charge is 0.0607 e. The van der Waals surface area contributed by atoms with Crippen LogP contribution >= 0.6 is 11.6 Å². The van der Waals surface area contributed by atoms with Crippen LogP contribution in [0.3, 0.4) is 0 Å². The van der Waals surface area contributed by atoms with Gasteiger partial charge in [0.2, 0.25) is 0 Å². The molecule has 0 amide bonds. The first-order valence-corrected chi connectivity index (χ1v) is 5.28. The Balaban J connectivity index is 2.64. The van der Waals surface area contributed by atoms with Gasteiger partial charge in [-0.15, -0.1) is 0 Å². The minimum absolute atomic E-state index is 0.0491. The molecule has 1 rings (SSSR count). The van der Waals surface area contributed by atoms with Gasteiger partial charge in [0.1, 0.15) is 0 Å². The molecule has 1 atom stereocenters. The number of rotatable bonds is 5. The lowest BCUT2D eigenvalue weighted by molar-refractivity contribution is 0.163. The Hall–Kier alpha value is -0.610. The minimum atomic E-state index is -0.293. The lowest BCUT2D eigenvalue weighted by Gasteiger charge is -2.20. The van der Waals surface area contributed by atoms with Crippen LogP contribution in [-0.2, 0) is 0 Å². The first kappa shape index (κ1) is 12.5. The fourth-order valence-corrected chi connectivity index (χ4v) is 1.59. The minimum Gasteiger partial charge on any atom is -0.395 e. The first-order chi connectivity index (χ1) is 7.17. The van der Waals surface area contributed by atoms with Gasteiger partial charge in [-0.2, -0.15) is 0 Å². The van der Waals surface area contributed by atoms with E-state index in [1.54, 1.807) is 0 Å². The maximum absolute atomic E-state index is 8.93. The monoisotopic (exact) mass is 229 g/mol. The van der Waals surface area contributed by atoms with Gasteiger partial charge in [0, 0.05) is 11.1 Å². The van der Waals surface area contributed by atoms with E-state index in [9.17, 15) is 0 Å². The van der Waals surface area contributed by atoms with E-state index in [0.717, 1.165) is 5.56 Å². The van der Waals surface area contributed by atoms with Crippen LogP contribution in [-0.4, -0.2) is 29.5 Å². The molecule has 4 heteroatoms. The van der Waals surface area contributed by atoms with Gasteiger partial charge < -0.3 is 15.5 Å². The number of aliphatic hydroxyl groups excluding tert-OH is 2. The second-order valence-electron chi connectivity index (χ2n) is 3.51. The highest BCUT2D eigenvalue weighted by Gasteiger charge is 2.11. The van der Waals surface area contributed by atoms with Crippen LogP contribution < -0.4 is 5.32 Å². The molecule has 0 aliphatic carbocycles. The molecule has 0 aliphatic heterocycles. The predicted molar refractivity (Wildman–Crippen MR) is 61.0 cm³/mol. The van der Waals surface area contributed by atoms with Gasteiger partial charge in [0.25, 0.3) is 0 Å².